The van der Waals surface area contributed by atoms with Gasteiger partial charge in [-0.15, -0.1) is 0 Å². The van der Waals surface area contributed by atoms with Crippen LogP contribution < -0.4 is 0 Å². The molecule has 0 radical (unpaired) electrons. The second-order valence-electron chi connectivity index (χ2n) is 6.80. The fraction of sp³-hybridized carbons (Fsp3) is 0.867. The first-order valence-corrected chi connectivity index (χ1v) is 7.38. The topological polar surface area (TPSA) is 46.6 Å². The molecule has 1 atom stereocenters. The minimum Gasteiger partial charge on any atom is -0.463 e. The fourth-order valence-electron chi connectivity index (χ4n) is 2.89. The highest BCUT2D eigenvalue weighted by Gasteiger charge is 2.41. The van der Waals surface area contributed by atoms with Gasteiger partial charge in [-0.3, -0.25) is 9.59 Å². The molecular formula is C15H25NO3. The zero-order valence-corrected chi connectivity index (χ0v) is 12.3. The average molecular weight is 267 g/mol. The van der Waals surface area contributed by atoms with E-state index in [4.69, 9.17) is 4.74 Å². The van der Waals surface area contributed by atoms with Gasteiger partial charge in [0.25, 0.3) is 0 Å². The Morgan fingerprint density at radius 3 is 2.42 bits per heavy atom. The lowest BCUT2D eigenvalue weighted by atomic mass is 9.89. The molecule has 108 valence electrons. The zero-order chi connectivity index (χ0) is 14.0. The van der Waals surface area contributed by atoms with Crippen LogP contribution >= 0.6 is 0 Å². The van der Waals surface area contributed by atoms with Crippen LogP contribution in [0.15, 0.2) is 0 Å². The van der Waals surface area contributed by atoms with E-state index >= 15 is 0 Å². The number of esters is 1. The molecule has 0 aromatic heterocycles. The Hall–Kier alpha value is -1.06. The van der Waals surface area contributed by atoms with Gasteiger partial charge in [-0.1, -0.05) is 19.3 Å². The molecule has 1 aliphatic carbocycles. The van der Waals surface area contributed by atoms with E-state index in [0.717, 1.165) is 12.8 Å². The van der Waals surface area contributed by atoms with Crippen LogP contribution in [-0.4, -0.2) is 35.5 Å². The van der Waals surface area contributed by atoms with Gasteiger partial charge in [-0.2, -0.15) is 0 Å². The first-order valence-electron chi connectivity index (χ1n) is 7.38. The van der Waals surface area contributed by atoms with E-state index in [9.17, 15) is 9.59 Å². The molecule has 4 nitrogen and oxygen atoms in total. The minimum atomic E-state index is -0.469. The highest BCUT2D eigenvalue weighted by Crippen LogP contribution is 2.31. The van der Waals surface area contributed by atoms with E-state index in [1.165, 1.54) is 19.3 Å². The van der Waals surface area contributed by atoms with Gasteiger partial charge in [0.2, 0.25) is 5.91 Å². The maximum Gasteiger partial charge on any atom is 0.311 e. The van der Waals surface area contributed by atoms with Gasteiger partial charge in [0, 0.05) is 6.04 Å². The van der Waals surface area contributed by atoms with Crippen molar-refractivity contribution in [2.24, 2.45) is 5.41 Å². The molecule has 1 saturated heterocycles. The maximum absolute atomic E-state index is 11.8. The largest absolute Gasteiger partial charge is 0.463 e. The summed E-state index contributed by atoms with van der Waals surface area (Å²) in [5.74, 6) is 0.0409. The van der Waals surface area contributed by atoms with E-state index in [2.05, 4.69) is 0 Å². The van der Waals surface area contributed by atoms with Gasteiger partial charge in [0.05, 0.1) is 17.9 Å². The number of amides is 1. The first kappa shape index (κ1) is 14.4. The summed E-state index contributed by atoms with van der Waals surface area (Å²) in [4.78, 5) is 25.5. The van der Waals surface area contributed by atoms with Crippen molar-refractivity contribution in [2.45, 2.75) is 71.4 Å². The molecule has 0 N–H and O–H groups in total. The van der Waals surface area contributed by atoms with E-state index in [1.807, 2.05) is 25.7 Å². The first-order chi connectivity index (χ1) is 8.89. The second-order valence-corrected chi connectivity index (χ2v) is 6.80. The Balaban J connectivity index is 1.84. The summed E-state index contributed by atoms with van der Waals surface area (Å²) in [6.45, 7) is 5.90. The summed E-state index contributed by atoms with van der Waals surface area (Å²) in [5.41, 5.74) is -0.469. The summed E-state index contributed by atoms with van der Waals surface area (Å²) in [7, 11) is 0. The number of likely N-dealkylation sites (tertiary alicyclic amines) is 1. The molecule has 0 spiro atoms. The molecule has 0 bridgehead atoms. The maximum atomic E-state index is 11.8. The predicted octanol–water partition coefficient (Wildman–Crippen LogP) is 2.51. The van der Waals surface area contributed by atoms with E-state index in [0.29, 0.717) is 19.1 Å². The van der Waals surface area contributed by atoms with Crippen LogP contribution in [-0.2, 0) is 14.3 Å². The quantitative estimate of drug-likeness (QED) is 0.583. The summed E-state index contributed by atoms with van der Waals surface area (Å²) in [6.07, 6.45) is 6.45. The Morgan fingerprint density at radius 2 is 1.89 bits per heavy atom. The number of hydrogen-bond donors (Lipinski definition) is 0. The molecule has 1 saturated carbocycles. The van der Waals surface area contributed by atoms with Crippen LogP contribution in [0.25, 0.3) is 0 Å². The van der Waals surface area contributed by atoms with Gasteiger partial charge in [-0.05, 0) is 33.6 Å². The summed E-state index contributed by atoms with van der Waals surface area (Å²) in [5, 5.41) is 0. The van der Waals surface area contributed by atoms with Crippen LogP contribution in [0, 0.1) is 5.41 Å². The van der Waals surface area contributed by atoms with Crippen molar-refractivity contribution in [3.8, 4) is 0 Å². The van der Waals surface area contributed by atoms with E-state index < -0.39 is 5.41 Å². The molecule has 1 heterocycles. The summed E-state index contributed by atoms with van der Waals surface area (Å²) < 4.78 is 5.35. The smallest absolute Gasteiger partial charge is 0.311 e. The highest BCUT2D eigenvalue weighted by molar-refractivity contribution is 5.83. The van der Waals surface area contributed by atoms with Crippen molar-refractivity contribution in [3.05, 3.63) is 0 Å². The Kier molecular flexibility index (Phi) is 4.16. The van der Waals surface area contributed by atoms with E-state index in [-0.39, 0.29) is 17.9 Å². The van der Waals surface area contributed by atoms with Gasteiger partial charge >= 0.3 is 5.97 Å². The molecule has 0 aromatic carbocycles. The van der Waals surface area contributed by atoms with Crippen LogP contribution in [0.5, 0.6) is 0 Å². The second kappa shape index (κ2) is 5.51. The lowest BCUT2D eigenvalue weighted by Crippen LogP contribution is -2.59. The van der Waals surface area contributed by atoms with Crippen LogP contribution in [0.1, 0.15) is 59.3 Å². The van der Waals surface area contributed by atoms with Crippen molar-refractivity contribution in [2.75, 3.05) is 6.61 Å². The number of carbonyl (C=O) groups is 2. The minimum absolute atomic E-state index is 0.113. The normalized spacial score (nSPS) is 25.1. The van der Waals surface area contributed by atoms with Crippen molar-refractivity contribution in [1.29, 1.82) is 0 Å². The molecule has 1 amide bonds. The molecule has 2 aliphatic rings. The molecule has 2 fully saturated rings. The number of β-lactam (4-membered cyclic amide) rings is 1. The number of carbonyl (C=O) groups excluding carboxylic acids is 2. The molecule has 0 unspecified atom stereocenters. The third kappa shape index (κ3) is 3.28. The third-order valence-electron chi connectivity index (χ3n) is 4.08. The number of nitrogens with zero attached hydrogens (tertiary/aromatic N) is 1. The molecule has 0 aromatic rings. The lowest BCUT2D eigenvalue weighted by Gasteiger charge is -2.46. The van der Waals surface area contributed by atoms with Gasteiger partial charge in [0.1, 0.15) is 6.61 Å². The standard InChI is InChI=1S/C15H25NO3/c1-15(2,3)14(18)19-10-12-9-13(17)16(12)11-7-5-4-6-8-11/h11-12H,4-10H2,1-3H3/t12-/m0/s1. The van der Waals surface area contributed by atoms with Crippen molar-refractivity contribution < 1.29 is 14.3 Å². The van der Waals surface area contributed by atoms with Crippen molar-refractivity contribution in [3.63, 3.8) is 0 Å². The van der Waals surface area contributed by atoms with Crippen molar-refractivity contribution >= 4 is 11.9 Å². The lowest BCUT2D eigenvalue weighted by molar-refractivity contribution is -0.165. The van der Waals surface area contributed by atoms with Gasteiger partial charge in [0.15, 0.2) is 0 Å². The van der Waals surface area contributed by atoms with E-state index in [1.54, 1.807) is 0 Å². The van der Waals surface area contributed by atoms with Crippen LogP contribution in [0.4, 0.5) is 0 Å². The Labute approximate surface area is 115 Å². The summed E-state index contributed by atoms with van der Waals surface area (Å²) >= 11 is 0. The number of ether oxygens (including phenoxy) is 1. The molecule has 19 heavy (non-hydrogen) atoms. The molecule has 2 rings (SSSR count). The van der Waals surface area contributed by atoms with Crippen LogP contribution in [0.2, 0.25) is 0 Å². The number of hydrogen-bond acceptors (Lipinski definition) is 3. The monoisotopic (exact) mass is 267 g/mol. The van der Waals surface area contributed by atoms with Crippen molar-refractivity contribution in [1.82, 2.24) is 4.90 Å². The zero-order valence-electron chi connectivity index (χ0n) is 12.3. The number of rotatable bonds is 3. The molecule has 4 heteroatoms. The van der Waals surface area contributed by atoms with Crippen LogP contribution in [0.3, 0.4) is 0 Å². The Bertz CT molecular complexity index is 353. The SMILES string of the molecule is CC(C)(C)C(=O)OC[C@@H]1CC(=O)N1C1CCCCC1. The molecular weight excluding hydrogens is 242 g/mol. The molecule has 1 aliphatic heterocycles. The summed E-state index contributed by atoms with van der Waals surface area (Å²) in [6, 6.07) is 0.496. The Morgan fingerprint density at radius 1 is 1.26 bits per heavy atom. The third-order valence-corrected chi connectivity index (χ3v) is 4.08. The fourth-order valence-corrected chi connectivity index (χ4v) is 2.89. The average Bonchev–Trinajstić information content (AvgIpc) is 2.33. The predicted molar refractivity (Wildman–Crippen MR) is 72.5 cm³/mol. The van der Waals surface area contributed by atoms with Gasteiger partial charge < -0.3 is 9.64 Å². The highest BCUT2D eigenvalue weighted by atomic mass is 16.5. The van der Waals surface area contributed by atoms with Gasteiger partial charge in [-0.25, -0.2) is 0 Å².